The number of aromatic amines is 1. The monoisotopic (exact) mass is 1260 g/mol. The molecule has 18 N–H and O–H groups in total. The van der Waals surface area contributed by atoms with E-state index >= 15 is 0 Å². The average Bonchev–Trinajstić information content (AvgIpc) is 2.05. The van der Waals surface area contributed by atoms with E-state index in [9.17, 15) is 82.4 Å². The Morgan fingerprint density at radius 2 is 1.24 bits per heavy atom. The molecule has 0 unspecified atom stereocenters. The van der Waals surface area contributed by atoms with E-state index in [1.807, 2.05) is 13.8 Å². The molecule has 1 saturated heterocycles. The summed E-state index contributed by atoms with van der Waals surface area (Å²) in [7, 11) is 0. The minimum absolute atomic E-state index is 0.0412. The zero-order chi connectivity index (χ0) is 66.1. The Morgan fingerprint density at radius 3 is 1.81 bits per heavy atom. The molecule has 0 bridgehead atoms. The number of fused-ring (bicyclic) bond motifs is 1. The van der Waals surface area contributed by atoms with Crippen LogP contribution in [0, 0.1) is 17.8 Å². The van der Waals surface area contributed by atoms with Crippen LogP contribution in [0.5, 0.6) is 0 Å². The van der Waals surface area contributed by atoms with Gasteiger partial charge in [-0.2, -0.15) is 12.6 Å². The molecule has 1 aromatic heterocycles. The van der Waals surface area contributed by atoms with E-state index in [2.05, 4.69) is 70.8 Å². The third-order valence-corrected chi connectivity index (χ3v) is 14.7. The number of aromatic nitrogens is 1. The summed E-state index contributed by atoms with van der Waals surface area (Å²) >= 11 is 4.00. The maximum absolute atomic E-state index is 14.5. The van der Waals surface area contributed by atoms with Gasteiger partial charge < -0.3 is 89.8 Å². The maximum Gasteiger partial charge on any atom is 0.327 e. The fourth-order valence-electron chi connectivity index (χ4n) is 9.45. The largest absolute Gasteiger partial charge is 0.481 e. The van der Waals surface area contributed by atoms with Crippen molar-refractivity contribution >= 4 is 106 Å². The van der Waals surface area contributed by atoms with E-state index in [0.29, 0.717) is 22.9 Å². The second kappa shape index (κ2) is 36.0. The number of carboxylic acids is 2. The molecule has 2 aromatic rings. The number of aliphatic carboxylic acids is 2. The molecule has 32 heteroatoms. The number of aliphatic hydroxyl groups is 1. The number of hydrogen-bond donors (Lipinski definition) is 17. The molecule has 0 saturated carbocycles. The zero-order valence-corrected chi connectivity index (χ0v) is 51.3. The van der Waals surface area contributed by atoms with Crippen molar-refractivity contribution in [3.05, 3.63) is 36.0 Å². The van der Waals surface area contributed by atoms with Gasteiger partial charge in [-0.15, -0.1) is 0 Å². The number of carboxylic acid groups (broad SMARTS) is 2. The second-order valence-electron chi connectivity index (χ2n) is 22.4. The number of thiol groups is 1. The number of carbonyl (C=O) groups is 14. The second-order valence-corrected chi connectivity index (χ2v) is 22.8. The van der Waals surface area contributed by atoms with Gasteiger partial charge in [-0.1, -0.05) is 66.2 Å². The van der Waals surface area contributed by atoms with Crippen LogP contribution in [0.2, 0.25) is 0 Å². The van der Waals surface area contributed by atoms with Crippen LogP contribution in [-0.2, 0) is 73.5 Å². The molecule has 1 aromatic carbocycles. The Balaban J connectivity index is 1.77. The summed E-state index contributed by atoms with van der Waals surface area (Å²) in [5.41, 5.74) is 12.1. The number of H-pyrrole nitrogens is 1. The van der Waals surface area contributed by atoms with E-state index in [1.165, 1.54) is 4.90 Å². The van der Waals surface area contributed by atoms with Crippen molar-refractivity contribution in [2.75, 3.05) is 32.0 Å². The fraction of sp³-hybridized carbons (Fsp3) is 0.607. The fourth-order valence-corrected chi connectivity index (χ4v) is 9.70. The highest BCUT2D eigenvalue weighted by Crippen LogP contribution is 2.24. The van der Waals surface area contributed by atoms with Crippen LogP contribution >= 0.6 is 12.6 Å². The Hall–Kier alpha value is -8.39. The van der Waals surface area contributed by atoms with E-state index < -0.39 is 182 Å². The standard InChI is InChI=1S/C56H86N14O17S/c1-8-29(6)46(69-44(74)24-60-48(78)39(25-71)67-52(82)36(19-28(4)5)64-51(81)35(18-27(2)3)62-43(73)22-57)54(84)65-37(21-42(58)72)50(80)61-30(7)47(77)63-34(15-16-45(75)76)49(79)66-38(20-31-23-59-33-13-10-9-12-32(31)33)55(85)70-17-11-14-41(70)53(83)68-40(26-88)56(86)87/h9-10,12-13,23,27-30,34-41,46,59,71,88H,8,11,14-22,24-26,57H2,1-7H3,(H2,58,72)(H,60,78)(H,61,80)(H,62,73)(H,63,77)(H,64,81)(H,65,84)(H,66,79)(H,67,82)(H,68,83)(H,69,74)(H,75,76)(H,86,87)/t29-,30+,34-,35+,36-,37-,38+,39+,40+,41-,46+/m1/s1. The van der Waals surface area contributed by atoms with Gasteiger partial charge in [0, 0.05) is 42.2 Å². The number of primary amides is 1. The molecular formula is C56H86N14O17S. The Bertz CT molecular complexity index is 2830. The highest BCUT2D eigenvalue weighted by atomic mass is 32.1. The molecule has 31 nitrogen and oxygen atoms in total. The molecule has 0 spiro atoms. The lowest BCUT2D eigenvalue weighted by Crippen LogP contribution is -2.60. The van der Waals surface area contributed by atoms with Gasteiger partial charge in [0.15, 0.2) is 0 Å². The maximum atomic E-state index is 14.5. The number of nitrogens with one attached hydrogen (secondary N) is 11. The van der Waals surface area contributed by atoms with Crippen LogP contribution in [0.4, 0.5) is 0 Å². The van der Waals surface area contributed by atoms with Crippen molar-refractivity contribution < 1.29 is 82.4 Å². The number of rotatable bonds is 37. The van der Waals surface area contributed by atoms with Gasteiger partial charge >= 0.3 is 11.9 Å². The minimum atomic E-state index is -1.79. The molecule has 1 fully saturated rings. The summed E-state index contributed by atoms with van der Waals surface area (Å²) < 4.78 is 0. The van der Waals surface area contributed by atoms with E-state index in [-0.39, 0.29) is 62.8 Å². The highest BCUT2D eigenvalue weighted by Gasteiger charge is 2.41. The molecule has 88 heavy (non-hydrogen) atoms. The molecule has 0 radical (unpaired) electrons. The quantitative estimate of drug-likeness (QED) is 0.0287. The average molecular weight is 1260 g/mol. The lowest BCUT2D eigenvalue weighted by Gasteiger charge is -2.30. The number of para-hydroxylation sites is 1. The highest BCUT2D eigenvalue weighted by molar-refractivity contribution is 7.80. The summed E-state index contributed by atoms with van der Waals surface area (Å²) in [6.07, 6.45) is 0.392. The number of benzene rings is 1. The first kappa shape index (κ1) is 73.9. The summed E-state index contributed by atoms with van der Waals surface area (Å²) in [5, 5.41) is 54.2. The van der Waals surface area contributed by atoms with Crippen LogP contribution in [0.1, 0.15) is 105 Å². The van der Waals surface area contributed by atoms with E-state index in [4.69, 9.17) is 11.5 Å². The van der Waals surface area contributed by atoms with Crippen molar-refractivity contribution in [2.24, 2.45) is 29.2 Å². The molecule has 1 aliphatic heterocycles. The van der Waals surface area contributed by atoms with Crippen LogP contribution in [0.25, 0.3) is 10.9 Å². The summed E-state index contributed by atoms with van der Waals surface area (Å²) in [6, 6.07) is -7.35. The van der Waals surface area contributed by atoms with Crippen molar-refractivity contribution in [1.29, 1.82) is 0 Å². The number of aliphatic hydroxyl groups excluding tert-OH is 1. The number of carbonyl (C=O) groups excluding carboxylic acids is 12. The third kappa shape index (κ3) is 23.4. The lowest BCUT2D eigenvalue weighted by molar-refractivity contribution is -0.144. The van der Waals surface area contributed by atoms with Crippen LogP contribution in [0.15, 0.2) is 30.5 Å². The first-order chi connectivity index (χ1) is 41.4. The predicted molar refractivity (Wildman–Crippen MR) is 319 cm³/mol. The molecule has 0 aliphatic carbocycles. The van der Waals surface area contributed by atoms with Gasteiger partial charge in [0.2, 0.25) is 70.9 Å². The van der Waals surface area contributed by atoms with Gasteiger partial charge in [0.05, 0.1) is 26.1 Å². The summed E-state index contributed by atoms with van der Waals surface area (Å²) in [6.45, 7) is 9.44. The van der Waals surface area contributed by atoms with Gasteiger partial charge in [-0.3, -0.25) is 62.3 Å². The van der Waals surface area contributed by atoms with Crippen LogP contribution < -0.4 is 64.6 Å². The molecule has 1 aliphatic rings. The lowest BCUT2D eigenvalue weighted by atomic mass is 9.97. The van der Waals surface area contributed by atoms with Crippen LogP contribution in [-0.4, -0.2) is 200 Å². The number of amides is 12. The molecular weight excluding hydrogens is 1170 g/mol. The molecule has 12 amide bonds. The minimum Gasteiger partial charge on any atom is -0.481 e. The first-order valence-corrected chi connectivity index (χ1v) is 29.6. The third-order valence-electron chi connectivity index (χ3n) is 14.4. The zero-order valence-electron chi connectivity index (χ0n) is 50.4. The number of nitrogens with two attached hydrogens (primary N) is 2. The number of hydrogen-bond acceptors (Lipinski definition) is 17. The van der Waals surface area contributed by atoms with Crippen molar-refractivity contribution in [1.82, 2.24) is 63.1 Å². The molecule has 11 atom stereocenters. The summed E-state index contributed by atoms with van der Waals surface area (Å²) in [5.74, 6) is -14.9. The molecule has 2 heterocycles. The molecule has 3 rings (SSSR count). The van der Waals surface area contributed by atoms with Gasteiger partial charge in [-0.05, 0) is 68.4 Å². The predicted octanol–water partition coefficient (Wildman–Crippen LogP) is -3.96. The van der Waals surface area contributed by atoms with E-state index in [1.54, 1.807) is 58.2 Å². The van der Waals surface area contributed by atoms with Crippen molar-refractivity contribution in [2.45, 2.75) is 167 Å². The molecule has 488 valence electrons. The van der Waals surface area contributed by atoms with Crippen LogP contribution in [0.3, 0.4) is 0 Å². The van der Waals surface area contributed by atoms with E-state index in [0.717, 1.165) is 6.92 Å². The Morgan fingerprint density at radius 1 is 0.670 bits per heavy atom. The Labute approximate surface area is 514 Å². The van der Waals surface area contributed by atoms with Crippen molar-refractivity contribution in [3.63, 3.8) is 0 Å². The topological polar surface area (TPSA) is 491 Å². The number of likely N-dealkylation sites (tertiary alicyclic amines) is 1. The summed E-state index contributed by atoms with van der Waals surface area (Å²) in [4.78, 5) is 189. The van der Waals surface area contributed by atoms with Gasteiger partial charge in [0.1, 0.15) is 60.4 Å². The smallest absolute Gasteiger partial charge is 0.327 e. The Kier molecular flexibility index (Phi) is 30.3. The number of nitrogens with zero attached hydrogens (tertiary/aromatic N) is 1. The normalized spacial score (nSPS) is 16.4. The van der Waals surface area contributed by atoms with Crippen molar-refractivity contribution in [3.8, 4) is 0 Å². The SMILES string of the molecule is CC[C@@H](C)[C@H](NC(=O)CNC(=O)[C@H](CO)NC(=O)[C@@H](CC(C)C)NC(=O)[C@H](CC(C)C)NC(=O)CN)C(=O)N[C@H](CC(N)=O)C(=O)N[C@@H](C)C(=O)N[C@H](CCC(=O)O)C(=O)N[C@@H](Cc1c[nH]c2ccccc12)C(=O)N1CCC[C@@H]1C(=O)N[C@@H](CS)C(=O)O. The first-order valence-electron chi connectivity index (χ1n) is 28.9. The van der Waals surface area contributed by atoms with Gasteiger partial charge in [-0.25, -0.2) is 4.79 Å². The van der Waals surface area contributed by atoms with Gasteiger partial charge in [0.25, 0.3) is 0 Å².